The summed E-state index contributed by atoms with van der Waals surface area (Å²) >= 11 is 5.88. The number of carboxylic acid groups (broad SMARTS) is 1. The fourth-order valence-corrected chi connectivity index (χ4v) is 3.93. The lowest BCUT2D eigenvalue weighted by Crippen LogP contribution is -2.34. The summed E-state index contributed by atoms with van der Waals surface area (Å²) < 4.78 is 15.8. The zero-order chi connectivity index (χ0) is 19.5. The molecule has 1 saturated heterocycles. The first-order chi connectivity index (χ1) is 12.8. The first kappa shape index (κ1) is 18.0. The van der Waals surface area contributed by atoms with Gasteiger partial charge in [0.15, 0.2) is 0 Å². The fourth-order valence-electron chi connectivity index (χ4n) is 3.78. The van der Waals surface area contributed by atoms with Gasteiger partial charge in [-0.1, -0.05) is 18.5 Å². The topological polar surface area (TPSA) is 79.6 Å². The molecule has 0 radical (unpaired) electrons. The summed E-state index contributed by atoms with van der Waals surface area (Å²) in [6, 6.07) is 2.63. The lowest BCUT2D eigenvalue weighted by Gasteiger charge is -2.18. The van der Waals surface area contributed by atoms with Crippen molar-refractivity contribution in [3.05, 3.63) is 45.0 Å². The number of benzene rings is 1. The summed E-state index contributed by atoms with van der Waals surface area (Å²) in [6.45, 7) is 2.10. The Hall–Kier alpha value is -2.41. The smallest absolute Gasteiger partial charge is 0.308 e. The van der Waals surface area contributed by atoms with Crippen molar-refractivity contribution in [3.8, 4) is 0 Å². The number of fused-ring (bicyclic) bond motifs is 1. The quantitative estimate of drug-likeness (QED) is 0.871. The molecule has 2 aliphatic rings. The van der Waals surface area contributed by atoms with Gasteiger partial charge in [0.2, 0.25) is 5.43 Å². The molecule has 4 rings (SSSR count). The van der Waals surface area contributed by atoms with Crippen LogP contribution in [0.4, 0.5) is 4.39 Å². The van der Waals surface area contributed by atoms with Gasteiger partial charge in [-0.25, -0.2) is 4.39 Å². The van der Waals surface area contributed by atoms with Crippen molar-refractivity contribution < 1.29 is 19.1 Å². The van der Waals surface area contributed by atoms with Crippen LogP contribution in [0, 0.1) is 17.7 Å². The number of halogens is 2. The molecule has 8 heteroatoms. The van der Waals surface area contributed by atoms with Crippen LogP contribution >= 0.6 is 11.6 Å². The van der Waals surface area contributed by atoms with E-state index in [9.17, 15) is 23.9 Å². The largest absolute Gasteiger partial charge is 0.481 e. The lowest BCUT2D eigenvalue weighted by atomic mass is 9.99. The van der Waals surface area contributed by atoms with Crippen molar-refractivity contribution in [2.45, 2.75) is 25.8 Å². The highest BCUT2D eigenvalue weighted by atomic mass is 35.5. The maximum Gasteiger partial charge on any atom is 0.308 e. The molecular weight excluding hydrogens is 375 g/mol. The van der Waals surface area contributed by atoms with Gasteiger partial charge in [0.05, 0.1) is 16.5 Å². The molecular formula is C19H18ClFN2O4. The van der Waals surface area contributed by atoms with Crippen molar-refractivity contribution in [1.29, 1.82) is 0 Å². The first-order valence-corrected chi connectivity index (χ1v) is 9.21. The summed E-state index contributed by atoms with van der Waals surface area (Å²) in [6.07, 6.45) is 3.32. The van der Waals surface area contributed by atoms with Crippen molar-refractivity contribution in [2.24, 2.45) is 11.8 Å². The summed E-state index contributed by atoms with van der Waals surface area (Å²) in [5.41, 5.74) is -0.119. The highest BCUT2D eigenvalue weighted by molar-refractivity contribution is 6.31. The molecule has 0 spiro atoms. The van der Waals surface area contributed by atoms with E-state index in [1.165, 1.54) is 17.2 Å². The summed E-state index contributed by atoms with van der Waals surface area (Å²) in [5, 5.41) is 9.31. The second-order valence-corrected chi connectivity index (χ2v) is 7.83. The summed E-state index contributed by atoms with van der Waals surface area (Å²) in [4.78, 5) is 38.6. The number of carbonyl (C=O) groups excluding carboxylic acids is 1. The fraction of sp³-hybridized carbons (Fsp3) is 0.421. The number of hydrogen-bond acceptors (Lipinski definition) is 3. The standard InChI is InChI=1S/C19H18ClFN2O4/c1-9-6-22(7-12(9)19(26)27)18(25)13-8-23(10-2-3-10)16-5-14(20)15(21)4-11(16)17(13)24/h4-5,8-10,12H,2-3,6-7H2,1H3,(H,26,27)/t9-,12-/m1/s1. The molecule has 1 aromatic heterocycles. The van der Waals surface area contributed by atoms with Crippen LogP contribution in [0.5, 0.6) is 0 Å². The number of aromatic nitrogens is 1. The zero-order valence-corrected chi connectivity index (χ0v) is 15.4. The number of hydrogen-bond donors (Lipinski definition) is 1. The van der Waals surface area contributed by atoms with Crippen LogP contribution in [0.15, 0.2) is 23.1 Å². The molecule has 1 aromatic carbocycles. The minimum absolute atomic E-state index is 0.0607. The van der Waals surface area contributed by atoms with Crippen LogP contribution in [0.1, 0.15) is 36.2 Å². The van der Waals surface area contributed by atoms with Crippen molar-refractivity contribution in [2.75, 3.05) is 13.1 Å². The normalized spacial score (nSPS) is 22.4. The van der Waals surface area contributed by atoms with Crippen LogP contribution in [0.3, 0.4) is 0 Å². The van der Waals surface area contributed by atoms with Crippen LogP contribution in [0.25, 0.3) is 10.9 Å². The molecule has 1 N–H and O–H groups in total. The molecule has 1 aliphatic carbocycles. The molecule has 2 fully saturated rings. The average Bonchev–Trinajstić information content (AvgIpc) is 3.37. The van der Waals surface area contributed by atoms with Gasteiger partial charge < -0.3 is 14.6 Å². The second kappa shape index (κ2) is 6.34. The van der Waals surface area contributed by atoms with Crippen molar-refractivity contribution >= 4 is 34.4 Å². The highest BCUT2D eigenvalue weighted by Crippen LogP contribution is 2.38. The molecule has 1 aliphatic heterocycles. The third-order valence-electron chi connectivity index (χ3n) is 5.46. The molecule has 0 unspecified atom stereocenters. The van der Waals surface area contributed by atoms with Gasteiger partial charge in [-0.15, -0.1) is 0 Å². The Morgan fingerprint density at radius 1 is 1.26 bits per heavy atom. The van der Waals surface area contributed by atoms with Crippen molar-refractivity contribution in [3.63, 3.8) is 0 Å². The molecule has 2 atom stereocenters. The Kier molecular flexibility index (Phi) is 4.22. The molecule has 0 bridgehead atoms. The van der Waals surface area contributed by atoms with E-state index in [2.05, 4.69) is 0 Å². The number of amides is 1. The number of carbonyl (C=O) groups is 2. The van der Waals surface area contributed by atoms with E-state index in [1.807, 2.05) is 4.57 Å². The molecule has 1 amide bonds. The van der Waals surface area contributed by atoms with E-state index >= 15 is 0 Å². The predicted molar refractivity (Wildman–Crippen MR) is 97.6 cm³/mol. The van der Waals surface area contributed by atoms with Crippen molar-refractivity contribution in [1.82, 2.24) is 9.47 Å². The second-order valence-electron chi connectivity index (χ2n) is 7.43. The minimum atomic E-state index is -0.955. The summed E-state index contributed by atoms with van der Waals surface area (Å²) in [5.74, 6) is -3.04. The Morgan fingerprint density at radius 3 is 2.56 bits per heavy atom. The van der Waals surface area contributed by atoms with Crippen LogP contribution in [0.2, 0.25) is 5.02 Å². The van der Waals surface area contributed by atoms with Crippen LogP contribution < -0.4 is 5.43 Å². The van der Waals surface area contributed by atoms with E-state index in [0.717, 1.165) is 18.9 Å². The van der Waals surface area contributed by atoms with E-state index in [4.69, 9.17) is 11.6 Å². The van der Waals surface area contributed by atoms with E-state index in [1.54, 1.807) is 6.92 Å². The van der Waals surface area contributed by atoms with E-state index in [0.29, 0.717) is 5.52 Å². The number of rotatable bonds is 3. The Balaban J connectivity index is 1.81. The number of aliphatic carboxylic acids is 1. The van der Waals surface area contributed by atoms with Gasteiger partial charge in [0.25, 0.3) is 5.91 Å². The maximum absolute atomic E-state index is 14.0. The summed E-state index contributed by atoms with van der Waals surface area (Å²) in [7, 11) is 0. The third kappa shape index (κ3) is 3.00. The van der Waals surface area contributed by atoms with Gasteiger partial charge in [-0.2, -0.15) is 0 Å². The number of carboxylic acids is 1. The van der Waals surface area contributed by atoms with Gasteiger partial charge >= 0.3 is 5.97 Å². The SMILES string of the molecule is C[C@@H]1CN(C(=O)c2cn(C3CC3)c3cc(Cl)c(F)cc3c2=O)C[C@H]1C(=O)O. The van der Waals surface area contributed by atoms with Crippen LogP contribution in [-0.4, -0.2) is 39.5 Å². The van der Waals surface area contributed by atoms with E-state index in [-0.39, 0.29) is 41.0 Å². The average molecular weight is 393 g/mol. The molecule has 142 valence electrons. The Labute approximate surface area is 159 Å². The lowest BCUT2D eigenvalue weighted by molar-refractivity contribution is -0.142. The molecule has 6 nitrogen and oxygen atoms in total. The molecule has 1 saturated carbocycles. The van der Waals surface area contributed by atoms with Gasteiger partial charge in [0, 0.05) is 30.7 Å². The Morgan fingerprint density at radius 2 is 1.96 bits per heavy atom. The number of likely N-dealkylation sites (tertiary alicyclic amines) is 1. The van der Waals surface area contributed by atoms with Gasteiger partial charge in [-0.3, -0.25) is 14.4 Å². The molecule has 2 heterocycles. The third-order valence-corrected chi connectivity index (χ3v) is 5.75. The highest BCUT2D eigenvalue weighted by Gasteiger charge is 2.38. The molecule has 27 heavy (non-hydrogen) atoms. The Bertz CT molecular complexity index is 1030. The zero-order valence-electron chi connectivity index (χ0n) is 14.6. The predicted octanol–water partition coefficient (Wildman–Crippen LogP) is 2.92. The number of pyridine rings is 1. The number of nitrogens with zero attached hydrogens (tertiary/aromatic N) is 2. The first-order valence-electron chi connectivity index (χ1n) is 8.84. The maximum atomic E-state index is 14.0. The van der Waals surface area contributed by atoms with Gasteiger partial charge in [-0.05, 0) is 30.9 Å². The monoisotopic (exact) mass is 392 g/mol. The van der Waals surface area contributed by atoms with E-state index < -0.39 is 29.0 Å². The minimum Gasteiger partial charge on any atom is -0.481 e. The van der Waals surface area contributed by atoms with Gasteiger partial charge in [0.1, 0.15) is 11.4 Å². The van der Waals surface area contributed by atoms with Crippen LogP contribution in [-0.2, 0) is 4.79 Å². The molecule has 2 aromatic rings.